The lowest BCUT2D eigenvalue weighted by Crippen LogP contribution is -2.49. The van der Waals surface area contributed by atoms with Crippen LogP contribution in [-0.4, -0.2) is 78.8 Å². The molecule has 0 saturated carbocycles. The number of rotatable bonds is 8. The van der Waals surface area contributed by atoms with Gasteiger partial charge in [-0.3, -0.25) is 10.1 Å². The standard InChI is InChI=1S/C27H28ClF2N5O5/c1-34(26(37)32-15-18-3-2-4-22(30)25(18)28)21(13-24(36)35-7-9-39-10-8-35)16-40-27(38)33-23-12-19-11-20(29)6-5-17(19)14-31-23/h2-6,11-12,14,21H,7-10,13,15-16H2,1H3,(H,32,37)(H,31,33,38)/t21-/m0/s1. The molecular formula is C27H28ClF2N5O5. The van der Waals surface area contributed by atoms with Crippen molar-refractivity contribution in [1.82, 2.24) is 20.1 Å². The van der Waals surface area contributed by atoms with Crippen LogP contribution in [-0.2, 0) is 20.8 Å². The zero-order valence-corrected chi connectivity index (χ0v) is 22.4. The van der Waals surface area contributed by atoms with Gasteiger partial charge in [0, 0.05) is 38.3 Å². The number of benzene rings is 2. The summed E-state index contributed by atoms with van der Waals surface area (Å²) in [6, 6.07) is 8.53. The first-order valence-electron chi connectivity index (χ1n) is 12.5. The highest BCUT2D eigenvalue weighted by atomic mass is 35.5. The SMILES string of the molecule is CN(C(=O)NCc1cccc(F)c1Cl)[C@H](COC(=O)Nc1cc2cc(F)ccc2cn1)CC(=O)N1CCOCC1. The van der Waals surface area contributed by atoms with E-state index in [1.54, 1.807) is 17.0 Å². The number of halogens is 3. The molecule has 1 aliphatic heterocycles. The van der Waals surface area contributed by atoms with Crippen LogP contribution in [0, 0.1) is 11.6 Å². The zero-order valence-electron chi connectivity index (χ0n) is 21.7. The van der Waals surface area contributed by atoms with Crippen LogP contribution in [0.3, 0.4) is 0 Å². The van der Waals surface area contributed by atoms with Gasteiger partial charge >= 0.3 is 12.1 Å². The van der Waals surface area contributed by atoms with Crippen LogP contribution in [0.25, 0.3) is 10.8 Å². The van der Waals surface area contributed by atoms with Gasteiger partial charge in [0.05, 0.1) is 30.7 Å². The molecule has 40 heavy (non-hydrogen) atoms. The van der Waals surface area contributed by atoms with E-state index in [0.717, 1.165) is 0 Å². The van der Waals surface area contributed by atoms with E-state index in [-0.39, 0.29) is 36.3 Å². The minimum atomic E-state index is -0.868. The second kappa shape index (κ2) is 13.4. The van der Waals surface area contributed by atoms with Crippen molar-refractivity contribution in [3.05, 3.63) is 70.9 Å². The largest absolute Gasteiger partial charge is 0.447 e. The Labute approximate surface area is 234 Å². The fraction of sp³-hybridized carbons (Fsp3) is 0.333. The Morgan fingerprint density at radius 2 is 1.93 bits per heavy atom. The van der Waals surface area contributed by atoms with E-state index in [0.29, 0.717) is 42.6 Å². The Bertz CT molecular complexity index is 1390. The molecule has 2 aromatic carbocycles. The highest BCUT2D eigenvalue weighted by molar-refractivity contribution is 6.31. The first-order chi connectivity index (χ1) is 19.2. The zero-order chi connectivity index (χ0) is 28.6. The Hall–Kier alpha value is -4.03. The first kappa shape index (κ1) is 29.0. The Morgan fingerprint density at radius 3 is 2.70 bits per heavy atom. The number of urea groups is 1. The number of carbonyl (C=O) groups is 3. The third-order valence-corrected chi connectivity index (χ3v) is 6.85. The molecule has 1 aliphatic rings. The number of anilines is 1. The maximum atomic E-state index is 13.8. The Balaban J connectivity index is 1.40. The molecule has 0 spiro atoms. The van der Waals surface area contributed by atoms with E-state index >= 15 is 0 Å². The molecule has 4 rings (SSSR count). The third kappa shape index (κ3) is 7.54. The second-order valence-corrected chi connectivity index (χ2v) is 9.50. The molecule has 0 aliphatic carbocycles. The topological polar surface area (TPSA) is 113 Å². The number of fused-ring (bicyclic) bond motifs is 1. The first-order valence-corrected chi connectivity index (χ1v) is 12.9. The van der Waals surface area contributed by atoms with Gasteiger partial charge in [0.2, 0.25) is 5.91 Å². The summed E-state index contributed by atoms with van der Waals surface area (Å²) in [5.74, 6) is -1.13. The van der Waals surface area contributed by atoms with Gasteiger partial charge in [-0.2, -0.15) is 0 Å². The molecule has 0 radical (unpaired) electrons. The fourth-order valence-electron chi connectivity index (χ4n) is 4.09. The summed E-state index contributed by atoms with van der Waals surface area (Å²) in [5.41, 5.74) is 0.378. The van der Waals surface area contributed by atoms with Crippen molar-refractivity contribution in [3.8, 4) is 0 Å². The number of hydrogen-bond donors (Lipinski definition) is 2. The van der Waals surface area contributed by atoms with Gasteiger partial charge < -0.3 is 24.6 Å². The van der Waals surface area contributed by atoms with Gasteiger partial charge in [-0.15, -0.1) is 0 Å². The average molecular weight is 576 g/mol. The van der Waals surface area contributed by atoms with Crippen molar-refractivity contribution in [2.24, 2.45) is 0 Å². The molecular weight excluding hydrogens is 548 g/mol. The number of morpholine rings is 1. The maximum Gasteiger partial charge on any atom is 0.412 e. The number of carbonyl (C=O) groups excluding carboxylic acids is 3. The summed E-state index contributed by atoms with van der Waals surface area (Å²) in [4.78, 5) is 45.4. The number of aromatic nitrogens is 1. The third-order valence-electron chi connectivity index (χ3n) is 6.42. The molecule has 212 valence electrons. The molecule has 1 saturated heterocycles. The number of likely N-dealkylation sites (N-methyl/N-ethyl adjacent to an activating group) is 1. The highest BCUT2D eigenvalue weighted by Crippen LogP contribution is 2.20. The van der Waals surface area contributed by atoms with Gasteiger partial charge in [0.1, 0.15) is 24.1 Å². The number of nitrogens with one attached hydrogen (secondary N) is 2. The van der Waals surface area contributed by atoms with E-state index in [2.05, 4.69) is 15.6 Å². The van der Waals surface area contributed by atoms with E-state index in [9.17, 15) is 23.2 Å². The van der Waals surface area contributed by atoms with E-state index in [1.165, 1.54) is 48.5 Å². The monoisotopic (exact) mass is 575 g/mol. The van der Waals surface area contributed by atoms with E-state index in [1.807, 2.05) is 0 Å². The van der Waals surface area contributed by atoms with Crippen LogP contribution < -0.4 is 10.6 Å². The van der Waals surface area contributed by atoms with Crippen LogP contribution in [0.15, 0.2) is 48.7 Å². The van der Waals surface area contributed by atoms with Crippen LogP contribution in [0.2, 0.25) is 5.02 Å². The van der Waals surface area contributed by atoms with Crippen LogP contribution in [0.5, 0.6) is 0 Å². The summed E-state index contributed by atoms with van der Waals surface area (Å²) >= 11 is 5.98. The molecule has 10 nitrogen and oxygen atoms in total. The summed E-state index contributed by atoms with van der Waals surface area (Å²) in [7, 11) is 1.46. The molecule has 0 unspecified atom stereocenters. The van der Waals surface area contributed by atoms with Gasteiger partial charge in [-0.25, -0.2) is 23.4 Å². The van der Waals surface area contributed by atoms with Crippen molar-refractivity contribution in [1.29, 1.82) is 0 Å². The van der Waals surface area contributed by atoms with Crippen LogP contribution in [0.1, 0.15) is 12.0 Å². The molecule has 0 bridgehead atoms. The second-order valence-electron chi connectivity index (χ2n) is 9.12. The minimum Gasteiger partial charge on any atom is -0.447 e. The van der Waals surface area contributed by atoms with Crippen molar-refractivity contribution in [2.45, 2.75) is 19.0 Å². The molecule has 1 aromatic heterocycles. The van der Waals surface area contributed by atoms with E-state index < -0.39 is 29.8 Å². The minimum absolute atomic E-state index is 0.0561. The predicted octanol–water partition coefficient (Wildman–Crippen LogP) is 4.17. The lowest BCUT2D eigenvalue weighted by atomic mass is 10.1. The summed E-state index contributed by atoms with van der Waals surface area (Å²) < 4.78 is 38.0. The van der Waals surface area contributed by atoms with Gasteiger partial charge in [-0.05, 0) is 41.3 Å². The summed E-state index contributed by atoms with van der Waals surface area (Å²) in [6.07, 6.45) is 0.496. The molecule has 1 atom stereocenters. The molecule has 1 fully saturated rings. The number of pyridine rings is 1. The van der Waals surface area contributed by atoms with Crippen molar-refractivity contribution in [2.75, 3.05) is 45.3 Å². The Morgan fingerprint density at radius 1 is 1.15 bits per heavy atom. The lowest BCUT2D eigenvalue weighted by molar-refractivity contribution is -0.136. The number of amides is 4. The quantitative estimate of drug-likeness (QED) is 0.417. The molecule has 2 N–H and O–H groups in total. The average Bonchev–Trinajstić information content (AvgIpc) is 2.95. The van der Waals surface area contributed by atoms with Gasteiger partial charge in [-0.1, -0.05) is 23.7 Å². The highest BCUT2D eigenvalue weighted by Gasteiger charge is 2.28. The Kier molecular flexibility index (Phi) is 9.67. The van der Waals surface area contributed by atoms with Gasteiger partial charge in [0.15, 0.2) is 0 Å². The van der Waals surface area contributed by atoms with Crippen LogP contribution in [0.4, 0.5) is 24.2 Å². The maximum absolute atomic E-state index is 13.8. The smallest absolute Gasteiger partial charge is 0.412 e. The van der Waals surface area contributed by atoms with Gasteiger partial charge in [0.25, 0.3) is 0 Å². The normalized spacial score (nSPS) is 13.9. The molecule has 4 amide bonds. The number of ether oxygens (including phenoxy) is 2. The van der Waals surface area contributed by atoms with Crippen molar-refractivity contribution < 1.29 is 32.6 Å². The van der Waals surface area contributed by atoms with Crippen molar-refractivity contribution >= 4 is 46.2 Å². The molecule has 2 heterocycles. The predicted molar refractivity (Wildman–Crippen MR) is 144 cm³/mol. The lowest BCUT2D eigenvalue weighted by Gasteiger charge is -2.32. The van der Waals surface area contributed by atoms with Crippen molar-refractivity contribution in [3.63, 3.8) is 0 Å². The molecule has 13 heteroatoms. The number of nitrogens with zero attached hydrogens (tertiary/aromatic N) is 3. The van der Waals surface area contributed by atoms with Crippen LogP contribution >= 0.6 is 11.6 Å². The number of hydrogen-bond acceptors (Lipinski definition) is 6. The summed E-state index contributed by atoms with van der Waals surface area (Å²) in [6.45, 7) is 1.27. The fourth-order valence-corrected chi connectivity index (χ4v) is 4.28. The van der Waals surface area contributed by atoms with E-state index in [4.69, 9.17) is 21.1 Å². The summed E-state index contributed by atoms with van der Waals surface area (Å²) in [5, 5.41) is 6.24. The molecule has 3 aromatic rings.